The zero-order valence-electron chi connectivity index (χ0n) is 22.0. The van der Waals surface area contributed by atoms with Crippen LogP contribution in [0.15, 0.2) is 0 Å². The van der Waals surface area contributed by atoms with Gasteiger partial charge in [-0.3, -0.25) is 0 Å². The lowest BCUT2D eigenvalue weighted by atomic mass is 9.61. The van der Waals surface area contributed by atoms with Gasteiger partial charge in [0.05, 0.1) is 37.6 Å². The molecule has 0 spiro atoms. The van der Waals surface area contributed by atoms with E-state index in [1.807, 2.05) is 0 Å². The molecule has 2 fully saturated rings. The van der Waals surface area contributed by atoms with Gasteiger partial charge in [-0.15, -0.1) is 0 Å². The molecule has 2 heterocycles. The molecule has 2 aliphatic rings. The third-order valence-corrected chi connectivity index (χ3v) is 9.20. The molecule has 0 amide bonds. The van der Waals surface area contributed by atoms with Crippen molar-refractivity contribution < 1.29 is 14.2 Å². The Morgan fingerprint density at radius 3 is 1.19 bits per heavy atom. The Hall–Kier alpha value is -0.120. The molecular weight excluding hydrogens is 384 g/mol. The van der Waals surface area contributed by atoms with E-state index >= 15 is 0 Å². The molecule has 3 heteroatoms. The minimum absolute atomic E-state index is 0.0771. The van der Waals surface area contributed by atoms with E-state index in [1.165, 1.54) is 64.2 Å². The highest BCUT2D eigenvalue weighted by molar-refractivity contribution is 5.09. The summed E-state index contributed by atoms with van der Waals surface area (Å²) in [6.07, 6.45) is 17.3. The average molecular weight is 439 g/mol. The molecule has 0 aliphatic carbocycles. The fourth-order valence-electron chi connectivity index (χ4n) is 6.42. The van der Waals surface area contributed by atoms with Crippen molar-refractivity contribution in [3.8, 4) is 0 Å². The molecular formula is C28H54O3. The van der Waals surface area contributed by atoms with Crippen LogP contribution in [-0.4, -0.2) is 37.6 Å². The molecule has 2 unspecified atom stereocenters. The van der Waals surface area contributed by atoms with Crippen LogP contribution >= 0.6 is 0 Å². The number of ether oxygens (including phenoxy) is 3. The van der Waals surface area contributed by atoms with Crippen molar-refractivity contribution in [2.75, 3.05) is 26.4 Å². The fraction of sp³-hybridized carbons (Fsp3) is 1.00. The van der Waals surface area contributed by atoms with Crippen LogP contribution < -0.4 is 0 Å². The second-order valence-corrected chi connectivity index (χ2v) is 10.7. The van der Waals surface area contributed by atoms with Crippen molar-refractivity contribution in [3.63, 3.8) is 0 Å². The van der Waals surface area contributed by atoms with E-state index in [0.29, 0.717) is 0 Å². The standard InChI is InChI=1S/C28H54O3/c1-7-13-15-17-19-27(11-5,25(9-3)21-29-22-25)31-28(12-6,20-18-16-14-8-2)26(10-4)23-30-24-26/h7-24H2,1-6H3. The Morgan fingerprint density at radius 1 is 0.581 bits per heavy atom. The minimum atomic E-state index is -0.0771. The van der Waals surface area contributed by atoms with Crippen LogP contribution in [0.5, 0.6) is 0 Å². The summed E-state index contributed by atoms with van der Waals surface area (Å²) >= 11 is 0. The van der Waals surface area contributed by atoms with Crippen LogP contribution in [0.1, 0.15) is 131 Å². The van der Waals surface area contributed by atoms with Gasteiger partial charge in [0.15, 0.2) is 0 Å². The number of unbranched alkanes of at least 4 members (excludes halogenated alkanes) is 6. The van der Waals surface area contributed by atoms with E-state index in [0.717, 1.165) is 52.1 Å². The monoisotopic (exact) mass is 438 g/mol. The van der Waals surface area contributed by atoms with Gasteiger partial charge >= 0.3 is 0 Å². The highest BCUT2D eigenvalue weighted by atomic mass is 16.6. The predicted octanol–water partition coefficient (Wildman–Crippen LogP) is 8.09. The summed E-state index contributed by atoms with van der Waals surface area (Å²) in [4.78, 5) is 0. The van der Waals surface area contributed by atoms with Gasteiger partial charge < -0.3 is 14.2 Å². The van der Waals surface area contributed by atoms with Crippen molar-refractivity contribution in [1.29, 1.82) is 0 Å². The first kappa shape index (κ1) is 27.1. The Kier molecular flexibility index (Phi) is 10.8. The van der Waals surface area contributed by atoms with Crippen molar-refractivity contribution in [2.24, 2.45) is 10.8 Å². The van der Waals surface area contributed by atoms with Gasteiger partial charge in [0.2, 0.25) is 0 Å². The third kappa shape index (κ3) is 5.35. The van der Waals surface area contributed by atoms with Crippen molar-refractivity contribution >= 4 is 0 Å². The SMILES string of the molecule is CCCCCCC(CC)(OC(CC)(CCCCCC)C1(CC)COC1)C1(CC)COC1. The zero-order valence-corrected chi connectivity index (χ0v) is 22.0. The summed E-state index contributed by atoms with van der Waals surface area (Å²) < 4.78 is 19.5. The summed E-state index contributed by atoms with van der Waals surface area (Å²) in [7, 11) is 0. The molecule has 2 aliphatic heterocycles. The minimum Gasteiger partial charge on any atom is -0.380 e. The van der Waals surface area contributed by atoms with Crippen molar-refractivity contribution in [3.05, 3.63) is 0 Å². The van der Waals surface area contributed by atoms with Crippen LogP contribution in [0.4, 0.5) is 0 Å². The molecule has 0 aromatic carbocycles. The summed E-state index contributed by atoms with van der Waals surface area (Å²) in [6, 6.07) is 0. The van der Waals surface area contributed by atoms with Crippen molar-refractivity contribution in [2.45, 2.75) is 143 Å². The maximum absolute atomic E-state index is 7.72. The molecule has 0 aromatic rings. The van der Waals surface area contributed by atoms with E-state index in [-0.39, 0.29) is 22.0 Å². The van der Waals surface area contributed by atoms with E-state index < -0.39 is 0 Å². The first-order valence-electron chi connectivity index (χ1n) is 13.8. The van der Waals surface area contributed by atoms with E-state index in [2.05, 4.69) is 41.5 Å². The van der Waals surface area contributed by atoms with Crippen molar-refractivity contribution in [1.82, 2.24) is 0 Å². The second-order valence-electron chi connectivity index (χ2n) is 10.7. The molecule has 0 N–H and O–H groups in total. The smallest absolute Gasteiger partial charge is 0.0787 e. The second kappa shape index (κ2) is 12.4. The number of hydrogen-bond donors (Lipinski definition) is 0. The highest BCUT2D eigenvalue weighted by Gasteiger charge is 2.62. The van der Waals surface area contributed by atoms with Crippen LogP contribution in [0.3, 0.4) is 0 Å². The van der Waals surface area contributed by atoms with Crippen LogP contribution in [0, 0.1) is 10.8 Å². The quantitative estimate of drug-likeness (QED) is 0.202. The molecule has 184 valence electrons. The van der Waals surface area contributed by atoms with E-state index in [1.54, 1.807) is 0 Å². The lowest BCUT2D eigenvalue weighted by Gasteiger charge is -2.63. The predicted molar refractivity (Wildman–Crippen MR) is 132 cm³/mol. The van der Waals surface area contributed by atoms with Crippen LogP contribution in [0.25, 0.3) is 0 Å². The molecule has 2 atom stereocenters. The molecule has 2 rings (SSSR count). The maximum Gasteiger partial charge on any atom is 0.0787 e. The largest absolute Gasteiger partial charge is 0.380 e. The van der Waals surface area contributed by atoms with Crippen LogP contribution in [0.2, 0.25) is 0 Å². The third-order valence-electron chi connectivity index (χ3n) is 9.20. The fourth-order valence-corrected chi connectivity index (χ4v) is 6.42. The lowest BCUT2D eigenvalue weighted by Crippen LogP contribution is -2.68. The average Bonchev–Trinajstić information content (AvgIpc) is 2.72. The van der Waals surface area contributed by atoms with E-state index in [9.17, 15) is 0 Å². The summed E-state index contributed by atoms with van der Waals surface area (Å²) in [6.45, 7) is 17.6. The number of hydrogen-bond acceptors (Lipinski definition) is 3. The molecule has 0 radical (unpaired) electrons. The van der Waals surface area contributed by atoms with Crippen LogP contribution in [-0.2, 0) is 14.2 Å². The summed E-state index contributed by atoms with van der Waals surface area (Å²) in [5.41, 5.74) is 0.202. The van der Waals surface area contributed by atoms with E-state index in [4.69, 9.17) is 14.2 Å². The highest BCUT2D eigenvalue weighted by Crippen LogP contribution is 2.57. The van der Waals surface area contributed by atoms with Gasteiger partial charge in [-0.2, -0.15) is 0 Å². The van der Waals surface area contributed by atoms with Gasteiger partial charge in [0.1, 0.15) is 0 Å². The first-order chi connectivity index (χ1) is 15.0. The zero-order chi connectivity index (χ0) is 22.8. The molecule has 0 aromatic heterocycles. The lowest BCUT2D eigenvalue weighted by molar-refractivity contribution is -0.335. The summed E-state index contributed by atoms with van der Waals surface area (Å²) in [5.74, 6) is 0. The van der Waals surface area contributed by atoms with Gasteiger partial charge in [0, 0.05) is 10.8 Å². The molecule has 31 heavy (non-hydrogen) atoms. The molecule has 3 nitrogen and oxygen atoms in total. The Bertz CT molecular complexity index is 441. The molecule has 2 saturated heterocycles. The van der Waals surface area contributed by atoms with Gasteiger partial charge in [0.25, 0.3) is 0 Å². The molecule has 0 bridgehead atoms. The van der Waals surface area contributed by atoms with Gasteiger partial charge in [-0.1, -0.05) is 92.9 Å². The Labute approximate surface area is 194 Å². The topological polar surface area (TPSA) is 27.7 Å². The van der Waals surface area contributed by atoms with Gasteiger partial charge in [-0.25, -0.2) is 0 Å². The van der Waals surface area contributed by atoms with Gasteiger partial charge in [-0.05, 0) is 38.5 Å². The Morgan fingerprint density at radius 2 is 0.968 bits per heavy atom. The Balaban J connectivity index is 2.37. The maximum atomic E-state index is 7.72. The summed E-state index contributed by atoms with van der Waals surface area (Å²) in [5, 5.41) is 0. The number of rotatable bonds is 18. The normalized spacial score (nSPS) is 23.4. The first-order valence-corrected chi connectivity index (χ1v) is 13.8. The molecule has 0 saturated carbocycles.